The molecule has 1 amide bonds. The van der Waals surface area contributed by atoms with Gasteiger partial charge in [0.15, 0.2) is 5.13 Å². The van der Waals surface area contributed by atoms with Gasteiger partial charge in [0.1, 0.15) is 6.33 Å². The highest BCUT2D eigenvalue weighted by molar-refractivity contribution is 7.89. The van der Waals surface area contributed by atoms with Crippen molar-refractivity contribution in [3.63, 3.8) is 0 Å². The van der Waals surface area contributed by atoms with Gasteiger partial charge in [0.05, 0.1) is 16.2 Å². The van der Waals surface area contributed by atoms with Crippen molar-refractivity contribution in [2.24, 2.45) is 5.92 Å². The summed E-state index contributed by atoms with van der Waals surface area (Å²) in [6.45, 7) is 0.904. The number of sulfonamides is 1. The van der Waals surface area contributed by atoms with Gasteiger partial charge in [-0.25, -0.2) is 23.4 Å². The van der Waals surface area contributed by atoms with Gasteiger partial charge in [0.2, 0.25) is 10.0 Å². The Morgan fingerprint density at radius 1 is 1.17 bits per heavy atom. The molecule has 1 aliphatic heterocycles. The van der Waals surface area contributed by atoms with Crippen LogP contribution in [0.3, 0.4) is 0 Å². The summed E-state index contributed by atoms with van der Waals surface area (Å²) in [7, 11) is -3.47. The second-order valence-electron chi connectivity index (χ2n) is 7.04. The van der Waals surface area contributed by atoms with Crippen LogP contribution in [0, 0.1) is 5.92 Å². The molecule has 2 aromatic heterocycles. The summed E-state index contributed by atoms with van der Waals surface area (Å²) in [6, 6.07) is 8.50. The molecule has 30 heavy (non-hydrogen) atoms. The van der Waals surface area contributed by atoms with Gasteiger partial charge in [0, 0.05) is 30.9 Å². The Balaban J connectivity index is 1.41. The predicted octanol–water partition coefficient (Wildman–Crippen LogP) is 2.83. The van der Waals surface area contributed by atoms with Crippen molar-refractivity contribution in [2.75, 3.05) is 18.4 Å². The number of amides is 1. The average molecular weight is 444 g/mol. The van der Waals surface area contributed by atoms with Gasteiger partial charge in [-0.1, -0.05) is 18.2 Å². The van der Waals surface area contributed by atoms with Gasteiger partial charge >= 0.3 is 0 Å². The Labute approximate surface area is 179 Å². The van der Waals surface area contributed by atoms with Crippen LogP contribution in [0.4, 0.5) is 5.13 Å². The van der Waals surface area contributed by atoms with Gasteiger partial charge < -0.3 is 0 Å². The van der Waals surface area contributed by atoms with E-state index in [2.05, 4.69) is 20.3 Å². The molecule has 0 atom stereocenters. The first-order valence-electron chi connectivity index (χ1n) is 9.59. The molecular weight excluding hydrogens is 422 g/mol. The van der Waals surface area contributed by atoms with E-state index >= 15 is 0 Å². The molecule has 0 saturated carbocycles. The van der Waals surface area contributed by atoms with E-state index in [4.69, 9.17) is 0 Å². The Morgan fingerprint density at radius 2 is 1.93 bits per heavy atom. The highest BCUT2D eigenvalue weighted by atomic mass is 32.2. The minimum atomic E-state index is -3.47. The van der Waals surface area contributed by atoms with Gasteiger partial charge in [-0.15, -0.1) is 11.3 Å². The van der Waals surface area contributed by atoms with Crippen LogP contribution in [0.1, 0.15) is 28.9 Å². The number of aromatic nitrogens is 3. The van der Waals surface area contributed by atoms with Crippen molar-refractivity contribution >= 4 is 32.4 Å². The summed E-state index contributed by atoms with van der Waals surface area (Å²) < 4.78 is 27.1. The summed E-state index contributed by atoms with van der Waals surface area (Å²) >= 11 is 1.34. The summed E-state index contributed by atoms with van der Waals surface area (Å²) in [5, 5.41) is 5.07. The number of anilines is 1. The molecule has 1 fully saturated rings. The molecule has 156 valence electrons. The Kier molecular flexibility index (Phi) is 6.16. The molecule has 3 heterocycles. The zero-order valence-corrected chi connectivity index (χ0v) is 17.8. The highest BCUT2D eigenvalue weighted by Gasteiger charge is 2.30. The number of carbonyl (C=O) groups excluding carboxylic acids is 1. The maximum Gasteiger partial charge on any atom is 0.260 e. The normalized spacial score (nSPS) is 15.7. The largest absolute Gasteiger partial charge is 0.298 e. The number of hydrogen-bond donors (Lipinski definition) is 1. The minimum absolute atomic E-state index is 0.244. The Bertz CT molecular complexity index is 1100. The predicted molar refractivity (Wildman–Crippen MR) is 114 cm³/mol. The quantitative estimate of drug-likeness (QED) is 0.628. The van der Waals surface area contributed by atoms with E-state index in [0.29, 0.717) is 53.6 Å². The fourth-order valence-electron chi connectivity index (χ4n) is 3.53. The molecule has 1 N–H and O–H groups in total. The third kappa shape index (κ3) is 4.55. The van der Waals surface area contributed by atoms with E-state index in [9.17, 15) is 13.2 Å². The van der Waals surface area contributed by atoms with Crippen LogP contribution in [0.25, 0.3) is 0 Å². The summed E-state index contributed by atoms with van der Waals surface area (Å²) in [6.07, 6.45) is 6.60. The first kappa shape index (κ1) is 20.6. The second-order valence-corrected chi connectivity index (χ2v) is 9.87. The second kappa shape index (κ2) is 8.99. The highest BCUT2D eigenvalue weighted by Crippen LogP contribution is 2.26. The molecule has 1 aliphatic rings. The molecule has 1 saturated heterocycles. The first-order valence-corrected chi connectivity index (χ1v) is 11.9. The first-order chi connectivity index (χ1) is 14.5. The fourth-order valence-corrected chi connectivity index (χ4v) is 5.54. The SMILES string of the molecule is O=C(Nc1nccs1)c1cncnc1CC1CCN(S(=O)(=O)c2ccccc2)CC1. The number of nitrogens with one attached hydrogen (secondary N) is 1. The molecule has 0 radical (unpaired) electrons. The summed E-state index contributed by atoms with van der Waals surface area (Å²) in [5.41, 5.74) is 1.09. The van der Waals surface area contributed by atoms with Crippen molar-refractivity contribution in [1.82, 2.24) is 19.3 Å². The van der Waals surface area contributed by atoms with Crippen molar-refractivity contribution in [1.29, 1.82) is 0 Å². The molecule has 3 aromatic rings. The number of benzene rings is 1. The fraction of sp³-hybridized carbons (Fsp3) is 0.300. The van der Waals surface area contributed by atoms with E-state index < -0.39 is 10.0 Å². The number of hydrogen-bond acceptors (Lipinski definition) is 7. The van der Waals surface area contributed by atoms with E-state index in [-0.39, 0.29) is 11.8 Å². The number of rotatable bonds is 6. The van der Waals surface area contributed by atoms with Gasteiger partial charge in [-0.2, -0.15) is 4.31 Å². The zero-order valence-electron chi connectivity index (χ0n) is 16.1. The van der Waals surface area contributed by atoms with E-state index in [1.54, 1.807) is 41.9 Å². The number of piperidine rings is 1. The van der Waals surface area contributed by atoms with Crippen LogP contribution in [0.2, 0.25) is 0 Å². The molecule has 0 unspecified atom stereocenters. The third-order valence-electron chi connectivity index (χ3n) is 5.13. The van der Waals surface area contributed by atoms with Crippen LogP contribution >= 0.6 is 11.3 Å². The summed E-state index contributed by atoms with van der Waals surface area (Å²) in [4.78, 5) is 25.3. The van der Waals surface area contributed by atoms with E-state index in [1.807, 2.05) is 0 Å². The molecule has 0 spiro atoms. The van der Waals surface area contributed by atoms with Crippen LogP contribution < -0.4 is 5.32 Å². The molecule has 1 aromatic carbocycles. The lowest BCUT2D eigenvalue weighted by Gasteiger charge is -2.31. The molecule has 4 rings (SSSR count). The van der Waals surface area contributed by atoms with Crippen LogP contribution in [-0.2, 0) is 16.4 Å². The lowest BCUT2D eigenvalue weighted by molar-refractivity contribution is 0.102. The summed E-state index contributed by atoms with van der Waals surface area (Å²) in [5.74, 6) is -0.0434. The Morgan fingerprint density at radius 3 is 2.63 bits per heavy atom. The smallest absolute Gasteiger partial charge is 0.260 e. The molecule has 10 heteroatoms. The molecule has 0 aliphatic carbocycles. The lowest BCUT2D eigenvalue weighted by atomic mass is 9.92. The topological polar surface area (TPSA) is 105 Å². The van der Waals surface area contributed by atoms with Crippen molar-refractivity contribution in [3.05, 3.63) is 65.7 Å². The Hall–Kier alpha value is -2.69. The average Bonchev–Trinajstić information content (AvgIpc) is 3.28. The van der Waals surface area contributed by atoms with E-state index in [0.717, 1.165) is 0 Å². The maximum absolute atomic E-state index is 12.8. The molecule has 0 bridgehead atoms. The van der Waals surface area contributed by atoms with Crippen LogP contribution in [0.5, 0.6) is 0 Å². The van der Waals surface area contributed by atoms with E-state index in [1.165, 1.54) is 28.2 Å². The van der Waals surface area contributed by atoms with Gasteiger partial charge in [0.25, 0.3) is 5.91 Å². The molecular formula is C20H21N5O3S2. The standard InChI is InChI=1S/C20H21N5O3S2/c26-19(24-20-22-8-11-29-20)17-13-21-14-23-18(17)12-15-6-9-25(10-7-15)30(27,28)16-4-2-1-3-5-16/h1-5,8,11,13-15H,6-7,9-10,12H2,(H,22,24,26). The number of nitrogens with zero attached hydrogens (tertiary/aromatic N) is 4. The maximum atomic E-state index is 12.8. The molecule has 8 nitrogen and oxygen atoms in total. The van der Waals surface area contributed by atoms with Crippen molar-refractivity contribution in [3.8, 4) is 0 Å². The number of carbonyl (C=O) groups is 1. The minimum Gasteiger partial charge on any atom is -0.298 e. The van der Waals surface area contributed by atoms with Crippen LogP contribution in [0.15, 0.2) is 59.3 Å². The van der Waals surface area contributed by atoms with Gasteiger partial charge in [-0.3, -0.25) is 10.1 Å². The van der Waals surface area contributed by atoms with Gasteiger partial charge in [-0.05, 0) is 37.3 Å². The number of thiazole rings is 1. The van der Waals surface area contributed by atoms with Crippen molar-refractivity contribution < 1.29 is 13.2 Å². The monoisotopic (exact) mass is 443 g/mol. The zero-order chi connectivity index (χ0) is 21.0. The van der Waals surface area contributed by atoms with Crippen LogP contribution in [-0.4, -0.2) is 46.7 Å². The third-order valence-corrected chi connectivity index (χ3v) is 7.73. The van der Waals surface area contributed by atoms with Crippen molar-refractivity contribution in [2.45, 2.75) is 24.2 Å². The lowest BCUT2D eigenvalue weighted by Crippen LogP contribution is -2.39.